The Hall–Kier alpha value is -1.60. The van der Waals surface area contributed by atoms with Gasteiger partial charge in [-0.1, -0.05) is 42.5 Å². The minimum atomic E-state index is 0. The van der Waals surface area contributed by atoms with Crippen LogP contribution in [0.2, 0.25) is 0 Å². The molecule has 5 heteroatoms. The molecule has 0 bridgehead atoms. The van der Waals surface area contributed by atoms with Crippen LogP contribution in [0, 0.1) is 0 Å². The lowest BCUT2D eigenvalue weighted by molar-refractivity contribution is -0.906. The van der Waals surface area contributed by atoms with Crippen LogP contribution in [0.5, 0.6) is 0 Å². The summed E-state index contributed by atoms with van der Waals surface area (Å²) in [4.78, 5) is 13.0. The molecule has 0 amide bonds. The quantitative estimate of drug-likeness (QED) is 0.366. The van der Waals surface area contributed by atoms with Gasteiger partial charge in [0.2, 0.25) is 0 Å². The highest BCUT2D eigenvalue weighted by Crippen LogP contribution is 2.14. The number of halogens is 1. The van der Waals surface area contributed by atoms with Crippen LogP contribution in [-0.2, 0) is 13.1 Å². The molecule has 4 nitrogen and oxygen atoms in total. The first-order valence-electron chi connectivity index (χ1n) is 9.14. The van der Waals surface area contributed by atoms with Gasteiger partial charge in [0.25, 0.3) is 5.56 Å². The number of rotatable bonds is 7. The first kappa shape index (κ1) is 20.7. The molecule has 0 fully saturated rings. The SMILES string of the molecule is CC[N+](C)(CC)CCn1c(=O)c2ccccc2n1Cc1ccccc1.[I-]. The Balaban J connectivity index is 0.00000243. The van der Waals surface area contributed by atoms with E-state index in [4.69, 9.17) is 0 Å². The zero-order valence-corrected chi connectivity index (χ0v) is 18.0. The van der Waals surface area contributed by atoms with Gasteiger partial charge in [-0.25, -0.2) is 4.68 Å². The number of para-hydroxylation sites is 1. The van der Waals surface area contributed by atoms with Crippen molar-refractivity contribution in [2.24, 2.45) is 0 Å². The number of nitrogens with zero attached hydrogens (tertiary/aromatic N) is 3. The van der Waals surface area contributed by atoms with Crippen LogP contribution in [0.4, 0.5) is 0 Å². The number of fused-ring (bicyclic) bond motifs is 1. The average molecular weight is 465 g/mol. The summed E-state index contributed by atoms with van der Waals surface area (Å²) in [7, 11) is 2.26. The van der Waals surface area contributed by atoms with Crippen molar-refractivity contribution in [3.05, 3.63) is 70.5 Å². The maximum Gasteiger partial charge on any atom is 0.274 e. The summed E-state index contributed by atoms with van der Waals surface area (Å²) >= 11 is 0. The summed E-state index contributed by atoms with van der Waals surface area (Å²) in [6.07, 6.45) is 0. The van der Waals surface area contributed by atoms with Crippen LogP contribution >= 0.6 is 0 Å². The third kappa shape index (κ3) is 4.20. The summed E-state index contributed by atoms with van der Waals surface area (Å²) < 4.78 is 5.04. The second-order valence-corrected chi connectivity index (χ2v) is 6.96. The molecule has 0 N–H and O–H groups in total. The van der Waals surface area contributed by atoms with Crippen LogP contribution in [-0.4, -0.2) is 40.5 Å². The minimum absolute atomic E-state index is 0. The van der Waals surface area contributed by atoms with Crippen LogP contribution in [0.25, 0.3) is 10.9 Å². The van der Waals surface area contributed by atoms with Crippen molar-refractivity contribution in [2.75, 3.05) is 26.7 Å². The van der Waals surface area contributed by atoms with Gasteiger partial charge < -0.3 is 28.5 Å². The van der Waals surface area contributed by atoms with Gasteiger partial charge in [-0.15, -0.1) is 0 Å². The molecule has 1 heterocycles. The molecule has 3 rings (SSSR count). The zero-order chi connectivity index (χ0) is 17.9. The van der Waals surface area contributed by atoms with Gasteiger partial charge in [-0.3, -0.25) is 9.48 Å². The molecule has 0 unspecified atom stereocenters. The lowest BCUT2D eigenvalue weighted by Gasteiger charge is -2.32. The van der Waals surface area contributed by atoms with Crippen molar-refractivity contribution in [3.8, 4) is 0 Å². The molecule has 0 aliphatic rings. The molecule has 0 spiro atoms. The maximum absolute atomic E-state index is 13.0. The van der Waals surface area contributed by atoms with Crippen molar-refractivity contribution < 1.29 is 28.5 Å². The summed E-state index contributed by atoms with van der Waals surface area (Å²) in [6, 6.07) is 18.3. The van der Waals surface area contributed by atoms with E-state index in [1.807, 2.05) is 47.1 Å². The summed E-state index contributed by atoms with van der Waals surface area (Å²) in [5.41, 5.74) is 2.34. The topological polar surface area (TPSA) is 26.9 Å². The van der Waals surface area contributed by atoms with Crippen LogP contribution in [0.15, 0.2) is 59.4 Å². The molecule has 2 aromatic carbocycles. The fourth-order valence-electron chi connectivity index (χ4n) is 3.28. The Morgan fingerprint density at radius 2 is 1.50 bits per heavy atom. The first-order chi connectivity index (χ1) is 12.1. The summed E-state index contributed by atoms with van der Waals surface area (Å²) in [5.74, 6) is 0. The third-order valence-corrected chi connectivity index (χ3v) is 5.49. The molecule has 0 radical (unpaired) electrons. The Bertz CT molecular complexity index is 895. The zero-order valence-electron chi connectivity index (χ0n) is 15.9. The lowest BCUT2D eigenvalue weighted by Crippen LogP contribution is -3.00. The second kappa shape index (κ2) is 8.86. The van der Waals surface area contributed by atoms with Gasteiger partial charge in [0.15, 0.2) is 0 Å². The average Bonchev–Trinajstić information content (AvgIpc) is 2.93. The second-order valence-electron chi connectivity index (χ2n) is 6.96. The molecular weight excluding hydrogens is 437 g/mol. The molecule has 0 aliphatic carbocycles. The lowest BCUT2D eigenvalue weighted by atomic mass is 10.2. The maximum atomic E-state index is 13.0. The molecule has 0 saturated heterocycles. The fourth-order valence-corrected chi connectivity index (χ4v) is 3.28. The molecule has 3 aromatic rings. The minimum Gasteiger partial charge on any atom is -1.00 e. The molecule has 140 valence electrons. The number of benzene rings is 2. The highest BCUT2D eigenvalue weighted by atomic mass is 127. The Morgan fingerprint density at radius 1 is 0.885 bits per heavy atom. The van der Waals surface area contributed by atoms with Crippen LogP contribution < -0.4 is 29.5 Å². The van der Waals surface area contributed by atoms with Crippen molar-refractivity contribution in [3.63, 3.8) is 0 Å². The smallest absolute Gasteiger partial charge is 0.274 e. The predicted molar refractivity (Wildman–Crippen MR) is 104 cm³/mol. The fraction of sp³-hybridized carbons (Fsp3) is 0.381. The molecule has 0 atom stereocenters. The van der Waals surface area contributed by atoms with E-state index in [2.05, 4.69) is 37.7 Å². The van der Waals surface area contributed by atoms with Crippen LogP contribution in [0.1, 0.15) is 19.4 Å². The Labute approximate surface area is 172 Å². The van der Waals surface area contributed by atoms with E-state index in [0.717, 1.165) is 41.6 Å². The van der Waals surface area contributed by atoms with Gasteiger partial charge in [0, 0.05) is 0 Å². The number of hydrogen-bond donors (Lipinski definition) is 0. The van der Waals surface area contributed by atoms with E-state index >= 15 is 0 Å². The van der Waals surface area contributed by atoms with E-state index in [-0.39, 0.29) is 29.5 Å². The van der Waals surface area contributed by atoms with E-state index in [9.17, 15) is 4.79 Å². The van der Waals surface area contributed by atoms with Crippen molar-refractivity contribution in [1.82, 2.24) is 9.36 Å². The number of quaternary nitrogens is 1. The van der Waals surface area contributed by atoms with Gasteiger partial charge >= 0.3 is 0 Å². The number of hydrogen-bond acceptors (Lipinski definition) is 1. The largest absolute Gasteiger partial charge is 1.00 e. The van der Waals surface area contributed by atoms with Crippen molar-refractivity contribution >= 4 is 10.9 Å². The molecule has 0 saturated carbocycles. The van der Waals surface area contributed by atoms with Gasteiger partial charge in [0.1, 0.15) is 0 Å². The van der Waals surface area contributed by atoms with Gasteiger partial charge in [-0.05, 0) is 31.5 Å². The van der Waals surface area contributed by atoms with Gasteiger partial charge in [-0.2, -0.15) is 0 Å². The Morgan fingerprint density at radius 3 is 2.15 bits per heavy atom. The number of aromatic nitrogens is 2. The third-order valence-electron chi connectivity index (χ3n) is 5.49. The normalized spacial score (nSPS) is 11.5. The first-order valence-corrected chi connectivity index (χ1v) is 9.14. The van der Waals surface area contributed by atoms with Gasteiger partial charge in [0.05, 0.1) is 50.7 Å². The summed E-state index contributed by atoms with van der Waals surface area (Å²) in [6.45, 7) is 8.98. The predicted octanol–water partition coefficient (Wildman–Crippen LogP) is 0.342. The summed E-state index contributed by atoms with van der Waals surface area (Å²) in [5, 5.41) is 0.806. The van der Waals surface area contributed by atoms with E-state index in [0.29, 0.717) is 6.54 Å². The monoisotopic (exact) mass is 465 g/mol. The van der Waals surface area contributed by atoms with Crippen molar-refractivity contribution in [1.29, 1.82) is 0 Å². The Kier molecular flexibility index (Phi) is 7.06. The van der Waals surface area contributed by atoms with E-state index < -0.39 is 0 Å². The highest BCUT2D eigenvalue weighted by Gasteiger charge is 2.19. The molecule has 0 aliphatic heterocycles. The standard InChI is InChI=1S/C21H28N3O.HI/c1-4-24(3,5-2)16-15-22-21(25)19-13-9-10-14-20(19)23(22)17-18-11-7-6-8-12-18;/h6-14H,4-5,15-17H2,1-3H3;1H/q+1;/p-1. The molecule has 1 aromatic heterocycles. The molecule has 26 heavy (non-hydrogen) atoms. The van der Waals surface area contributed by atoms with Crippen molar-refractivity contribution in [2.45, 2.75) is 26.9 Å². The number of likely N-dealkylation sites (N-methyl/N-ethyl adjacent to an activating group) is 1. The van der Waals surface area contributed by atoms with E-state index in [1.54, 1.807) is 0 Å². The van der Waals surface area contributed by atoms with Crippen LogP contribution in [0.3, 0.4) is 0 Å². The highest BCUT2D eigenvalue weighted by molar-refractivity contribution is 5.78. The molecular formula is C21H28IN3O. The van der Waals surface area contributed by atoms with E-state index in [1.165, 1.54) is 5.56 Å².